The Morgan fingerprint density at radius 2 is 1.80 bits per heavy atom. The molecule has 0 bridgehead atoms. The van der Waals surface area contributed by atoms with E-state index in [-0.39, 0.29) is 17.3 Å². The summed E-state index contributed by atoms with van der Waals surface area (Å²) < 4.78 is 26.7. The standard InChI is InChI=1S/C14H10ClF2NO2/c15-11-6-12(16)10(5-13(11)17)14(20)18-7-8-1-3-9(19)4-2-8/h1-6,19H,7H2,(H,18,20). The summed E-state index contributed by atoms with van der Waals surface area (Å²) >= 11 is 5.41. The molecule has 20 heavy (non-hydrogen) atoms. The van der Waals surface area contributed by atoms with Crippen molar-refractivity contribution < 1.29 is 18.7 Å². The summed E-state index contributed by atoms with van der Waals surface area (Å²) in [5.74, 6) is -2.39. The lowest BCUT2D eigenvalue weighted by Gasteiger charge is -2.07. The molecule has 0 radical (unpaired) electrons. The number of rotatable bonds is 3. The molecule has 0 saturated heterocycles. The number of amides is 1. The fourth-order valence-electron chi connectivity index (χ4n) is 1.59. The number of hydrogen-bond donors (Lipinski definition) is 2. The van der Waals surface area contributed by atoms with E-state index in [2.05, 4.69) is 5.32 Å². The largest absolute Gasteiger partial charge is 0.508 e. The fraction of sp³-hybridized carbons (Fsp3) is 0.0714. The molecule has 0 aliphatic rings. The van der Waals surface area contributed by atoms with E-state index >= 15 is 0 Å². The summed E-state index contributed by atoms with van der Waals surface area (Å²) in [5, 5.41) is 11.2. The van der Waals surface area contributed by atoms with Crippen molar-refractivity contribution in [1.29, 1.82) is 0 Å². The van der Waals surface area contributed by atoms with Crippen molar-refractivity contribution in [3.05, 3.63) is 64.2 Å². The van der Waals surface area contributed by atoms with Gasteiger partial charge < -0.3 is 10.4 Å². The highest BCUT2D eigenvalue weighted by Gasteiger charge is 2.15. The van der Waals surface area contributed by atoms with Gasteiger partial charge in [0.25, 0.3) is 5.91 Å². The Bertz CT molecular complexity index is 644. The number of benzene rings is 2. The summed E-state index contributed by atoms with van der Waals surface area (Å²) in [4.78, 5) is 11.8. The molecule has 1 amide bonds. The number of phenols is 1. The van der Waals surface area contributed by atoms with Crippen LogP contribution in [0.2, 0.25) is 5.02 Å². The van der Waals surface area contributed by atoms with Crippen molar-refractivity contribution in [3.8, 4) is 5.75 Å². The molecular weight excluding hydrogens is 288 g/mol. The Labute approximate surface area is 118 Å². The maximum atomic E-state index is 13.5. The zero-order chi connectivity index (χ0) is 14.7. The Kier molecular flexibility index (Phi) is 4.20. The van der Waals surface area contributed by atoms with Crippen LogP contribution in [-0.2, 0) is 6.54 Å². The molecule has 0 aliphatic heterocycles. The molecule has 0 fully saturated rings. The first kappa shape index (κ1) is 14.3. The topological polar surface area (TPSA) is 49.3 Å². The van der Waals surface area contributed by atoms with Gasteiger partial charge in [-0.2, -0.15) is 0 Å². The van der Waals surface area contributed by atoms with Gasteiger partial charge in [-0.3, -0.25) is 4.79 Å². The SMILES string of the molecule is O=C(NCc1ccc(O)cc1)c1cc(F)c(Cl)cc1F. The van der Waals surface area contributed by atoms with Crippen molar-refractivity contribution in [3.63, 3.8) is 0 Å². The van der Waals surface area contributed by atoms with Crippen molar-refractivity contribution >= 4 is 17.5 Å². The van der Waals surface area contributed by atoms with Gasteiger partial charge >= 0.3 is 0 Å². The normalized spacial score (nSPS) is 10.3. The minimum absolute atomic E-state index is 0.103. The van der Waals surface area contributed by atoms with Gasteiger partial charge in [0.15, 0.2) is 0 Å². The number of carbonyl (C=O) groups is 1. The molecule has 0 aliphatic carbocycles. The second-order valence-corrected chi connectivity index (χ2v) is 4.50. The highest BCUT2D eigenvalue weighted by molar-refractivity contribution is 6.30. The minimum atomic E-state index is -0.889. The number of aromatic hydroxyl groups is 1. The first-order valence-electron chi connectivity index (χ1n) is 5.68. The molecule has 0 aromatic heterocycles. The monoisotopic (exact) mass is 297 g/mol. The molecule has 0 heterocycles. The van der Waals surface area contributed by atoms with Gasteiger partial charge in [-0.1, -0.05) is 23.7 Å². The summed E-state index contributed by atoms with van der Waals surface area (Å²) in [6.07, 6.45) is 0. The van der Waals surface area contributed by atoms with Gasteiger partial charge in [0.1, 0.15) is 17.4 Å². The highest BCUT2D eigenvalue weighted by atomic mass is 35.5. The predicted molar refractivity (Wildman–Crippen MR) is 70.6 cm³/mol. The van der Waals surface area contributed by atoms with E-state index in [0.717, 1.165) is 12.1 Å². The molecule has 6 heteroatoms. The smallest absolute Gasteiger partial charge is 0.254 e. The average Bonchev–Trinajstić information content (AvgIpc) is 2.42. The third-order valence-electron chi connectivity index (χ3n) is 2.64. The van der Waals surface area contributed by atoms with E-state index in [1.54, 1.807) is 12.1 Å². The molecule has 104 valence electrons. The van der Waals surface area contributed by atoms with Crippen LogP contribution < -0.4 is 5.32 Å². The lowest BCUT2D eigenvalue weighted by Crippen LogP contribution is -2.24. The maximum Gasteiger partial charge on any atom is 0.254 e. The average molecular weight is 298 g/mol. The molecule has 2 N–H and O–H groups in total. The summed E-state index contributed by atoms with van der Waals surface area (Å²) in [7, 11) is 0. The van der Waals surface area contributed by atoms with Crippen LogP contribution in [0.25, 0.3) is 0 Å². The molecule has 2 aromatic rings. The minimum Gasteiger partial charge on any atom is -0.508 e. The lowest BCUT2D eigenvalue weighted by molar-refractivity contribution is 0.0946. The molecule has 2 rings (SSSR count). The summed E-state index contributed by atoms with van der Waals surface area (Å²) in [5.41, 5.74) is 0.302. The second kappa shape index (κ2) is 5.88. The Morgan fingerprint density at radius 3 is 2.45 bits per heavy atom. The van der Waals surface area contributed by atoms with Gasteiger partial charge in [0.05, 0.1) is 10.6 Å². The lowest BCUT2D eigenvalue weighted by atomic mass is 10.1. The predicted octanol–water partition coefficient (Wildman–Crippen LogP) is 3.25. The number of carbonyl (C=O) groups excluding carboxylic acids is 1. The van der Waals surface area contributed by atoms with Crippen LogP contribution in [0.5, 0.6) is 5.75 Å². The number of hydrogen-bond acceptors (Lipinski definition) is 2. The summed E-state index contributed by atoms with van der Waals surface area (Å²) in [6, 6.07) is 7.65. The van der Waals surface area contributed by atoms with Crippen molar-refractivity contribution in [2.45, 2.75) is 6.54 Å². The third kappa shape index (κ3) is 3.24. The Morgan fingerprint density at radius 1 is 1.15 bits per heavy atom. The Balaban J connectivity index is 2.09. The molecule has 0 atom stereocenters. The van der Waals surface area contributed by atoms with Crippen LogP contribution in [-0.4, -0.2) is 11.0 Å². The second-order valence-electron chi connectivity index (χ2n) is 4.10. The molecule has 2 aromatic carbocycles. The zero-order valence-corrected chi connectivity index (χ0v) is 10.9. The van der Waals surface area contributed by atoms with Crippen LogP contribution >= 0.6 is 11.6 Å². The van der Waals surface area contributed by atoms with E-state index in [9.17, 15) is 13.6 Å². The van der Waals surface area contributed by atoms with Gasteiger partial charge in [-0.15, -0.1) is 0 Å². The first-order chi connectivity index (χ1) is 9.47. The third-order valence-corrected chi connectivity index (χ3v) is 2.93. The number of nitrogens with one attached hydrogen (secondary N) is 1. The van der Waals surface area contributed by atoms with Crippen LogP contribution in [0.4, 0.5) is 8.78 Å². The maximum absolute atomic E-state index is 13.5. The molecule has 0 unspecified atom stereocenters. The fourth-order valence-corrected chi connectivity index (χ4v) is 1.74. The van der Waals surface area contributed by atoms with Crippen molar-refractivity contribution in [1.82, 2.24) is 5.32 Å². The van der Waals surface area contributed by atoms with E-state index in [0.29, 0.717) is 5.56 Å². The van der Waals surface area contributed by atoms with Crippen LogP contribution in [0.15, 0.2) is 36.4 Å². The van der Waals surface area contributed by atoms with Crippen molar-refractivity contribution in [2.24, 2.45) is 0 Å². The molecular formula is C14H10ClF2NO2. The van der Waals surface area contributed by atoms with Crippen molar-refractivity contribution in [2.75, 3.05) is 0 Å². The highest BCUT2D eigenvalue weighted by Crippen LogP contribution is 2.19. The first-order valence-corrected chi connectivity index (χ1v) is 6.06. The number of halogens is 3. The molecule has 0 saturated carbocycles. The molecule has 3 nitrogen and oxygen atoms in total. The van der Waals surface area contributed by atoms with E-state index in [4.69, 9.17) is 16.7 Å². The van der Waals surface area contributed by atoms with Crippen LogP contribution in [0, 0.1) is 11.6 Å². The van der Waals surface area contributed by atoms with E-state index in [1.165, 1.54) is 12.1 Å². The van der Waals surface area contributed by atoms with E-state index < -0.39 is 23.1 Å². The summed E-state index contributed by atoms with van der Waals surface area (Å²) in [6.45, 7) is 0.128. The zero-order valence-electron chi connectivity index (χ0n) is 10.2. The van der Waals surface area contributed by atoms with Gasteiger partial charge in [-0.05, 0) is 29.8 Å². The van der Waals surface area contributed by atoms with Gasteiger partial charge in [0, 0.05) is 6.54 Å². The quantitative estimate of drug-likeness (QED) is 0.854. The van der Waals surface area contributed by atoms with E-state index in [1.807, 2.05) is 0 Å². The van der Waals surface area contributed by atoms with Crippen LogP contribution in [0.1, 0.15) is 15.9 Å². The van der Waals surface area contributed by atoms with Crippen LogP contribution in [0.3, 0.4) is 0 Å². The van der Waals surface area contributed by atoms with Gasteiger partial charge in [-0.25, -0.2) is 8.78 Å². The Hall–Kier alpha value is -2.14. The number of phenolic OH excluding ortho intramolecular Hbond substituents is 1. The molecule has 0 spiro atoms. The van der Waals surface area contributed by atoms with Gasteiger partial charge in [0.2, 0.25) is 0 Å².